The average molecular weight is 407 g/mol. The molecular weight excluding hydrogens is 382 g/mol. The third-order valence-corrected chi connectivity index (χ3v) is 4.68. The van der Waals surface area contributed by atoms with Gasteiger partial charge < -0.3 is 19.8 Å². The first-order valence-corrected chi connectivity index (χ1v) is 9.73. The van der Waals surface area contributed by atoms with Crippen molar-refractivity contribution >= 4 is 11.7 Å². The van der Waals surface area contributed by atoms with Gasteiger partial charge in [0.05, 0.1) is 25.0 Å². The SMILES string of the molecule is CCC(NC(=O)COc1ccc(C(C)=O)cc1OC)c1ncc(-c2ccccc2)[nH]1. The fourth-order valence-electron chi connectivity index (χ4n) is 3.03. The highest BCUT2D eigenvalue weighted by atomic mass is 16.5. The van der Waals surface area contributed by atoms with Crippen LogP contribution in [0.15, 0.2) is 54.7 Å². The average Bonchev–Trinajstić information content (AvgIpc) is 3.26. The van der Waals surface area contributed by atoms with Crippen LogP contribution in [0.3, 0.4) is 0 Å². The molecule has 1 atom stereocenters. The number of hydrogen-bond donors (Lipinski definition) is 2. The summed E-state index contributed by atoms with van der Waals surface area (Å²) in [5, 5.41) is 2.93. The van der Waals surface area contributed by atoms with Crippen molar-refractivity contribution in [1.29, 1.82) is 0 Å². The molecule has 1 aromatic heterocycles. The monoisotopic (exact) mass is 407 g/mol. The molecule has 0 bridgehead atoms. The van der Waals surface area contributed by atoms with Gasteiger partial charge in [-0.05, 0) is 37.1 Å². The number of carbonyl (C=O) groups is 2. The summed E-state index contributed by atoms with van der Waals surface area (Å²) >= 11 is 0. The zero-order chi connectivity index (χ0) is 21.5. The maximum Gasteiger partial charge on any atom is 0.258 e. The molecule has 0 saturated carbocycles. The zero-order valence-electron chi connectivity index (χ0n) is 17.3. The summed E-state index contributed by atoms with van der Waals surface area (Å²) in [5.74, 6) is 1.14. The topological polar surface area (TPSA) is 93.3 Å². The fourth-order valence-corrected chi connectivity index (χ4v) is 3.03. The van der Waals surface area contributed by atoms with Crippen LogP contribution in [0.5, 0.6) is 11.5 Å². The van der Waals surface area contributed by atoms with Gasteiger partial charge in [0.25, 0.3) is 5.91 Å². The Morgan fingerprint density at radius 1 is 1.13 bits per heavy atom. The highest BCUT2D eigenvalue weighted by Crippen LogP contribution is 2.28. The molecule has 0 saturated heterocycles. The van der Waals surface area contributed by atoms with Crippen LogP contribution in [0.4, 0.5) is 0 Å². The number of methoxy groups -OCH3 is 1. The summed E-state index contributed by atoms with van der Waals surface area (Å²) in [6, 6.07) is 14.5. The maximum atomic E-state index is 12.4. The van der Waals surface area contributed by atoms with Crippen LogP contribution in [0.25, 0.3) is 11.3 Å². The molecule has 1 amide bonds. The van der Waals surface area contributed by atoms with E-state index in [9.17, 15) is 9.59 Å². The van der Waals surface area contributed by atoms with Crippen molar-refractivity contribution in [2.45, 2.75) is 26.3 Å². The smallest absolute Gasteiger partial charge is 0.258 e. The molecule has 1 unspecified atom stereocenters. The molecule has 7 heteroatoms. The Hall–Kier alpha value is -3.61. The summed E-state index contributed by atoms with van der Waals surface area (Å²) in [7, 11) is 1.49. The summed E-state index contributed by atoms with van der Waals surface area (Å²) in [6.45, 7) is 3.27. The Bertz CT molecular complexity index is 1010. The van der Waals surface area contributed by atoms with Gasteiger partial charge in [-0.3, -0.25) is 9.59 Å². The van der Waals surface area contributed by atoms with Crippen molar-refractivity contribution < 1.29 is 19.1 Å². The number of nitrogens with zero attached hydrogens (tertiary/aromatic N) is 1. The number of carbonyl (C=O) groups excluding carboxylic acids is 2. The molecule has 2 aromatic carbocycles. The van der Waals surface area contributed by atoms with Gasteiger partial charge in [0.2, 0.25) is 0 Å². The molecule has 3 aromatic rings. The molecule has 2 N–H and O–H groups in total. The minimum absolute atomic E-state index is 0.0725. The van der Waals surface area contributed by atoms with Crippen molar-refractivity contribution in [3.05, 3.63) is 66.1 Å². The van der Waals surface area contributed by atoms with Gasteiger partial charge in [-0.1, -0.05) is 37.3 Å². The number of hydrogen-bond acceptors (Lipinski definition) is 5. The first-order valence-electron chi connectivity index (χ1n) is 9.73. The van der Waals surface area contributed by atoms with Crippen LogP contribution in [0.1, 0.15) is 42.5 Å². The Balaban J connectivity index is 1.62. The first kappa shape index (κ1) is 21.1. The van der Waals surface area contributed by atoms with E-state index >= 15 is 0 Å². The minimum atomic E-state index is -0.280. The Morgan fingerprint density at radius 2 is 1.90 bits per heavy atom. The number of imidazole rings is 1. The van der Waals surface area contributed by atoms with E-state index in [1.807, 2.05) is 37.3 Å². The van der Waals surface area contributed by atoms with Gasteiger partial charge in [-0.25, -0.2) is 4.98 Å². The highest BCUT2D eigenvalue weighted by Gasteiger charge is 2.17. The number of benzene rings is 2. The Kier molecular flexibility index (Phi) is 6.85. The summed E-state index contributed by atoms with van der Waals surface area (Å²) in [4.78, 5) is 31.6. The molecule has 3 rings (SSSR count). The molecule has 0 aliphatic carbocycles. The quantitative estimate of drug-likeness (QED) is 0.524. The van der Waals surface area contributed by atoms with Crippen molar-refractivity contribution in [2.24, 2.45) is 0 Å². The molecule has 0 aliphatic heterocycles. The second kappa shape index (κ2) is 9.73. The highest BCUT2D eigenvalue weighted by molar-refractivity contribution is 5.94. The molecule has 0 fully saturated rings. The predicted octanol–water partition coefficient (Wildman–Crippen LogP) is 3.93. The number of nitrogens with one attached hydrogen (secondary N) is 2. The zero-order valence-corrected chi connectivity index (χ0v) is 17.3. The second-order valence-electron chi connectivity index (χ2n) is 6.79. The number of H-pyrrole nitrogens is 1. The molecule has 30 heavy (non-hydrogen) atoms. The Morgan fingerprint density at radius 3 is 2.57 bits per heavy atom. The number of ketones is 1. The number of rotatable bonds is 9. The summed E-state index contributed by atoms with van der Waals surface area (Å²) in [6.07, 6.45) is 2.43. The third kappa shape index (κ3) is 5.05. The van der Waals surface area contributed by atoms with E-state index in [0.717, 1.165) is 11.3 Å². The first-order chi connectivity index (χ1) is 14.5. The van der Waals surface area contributed by atoms with E-state index in [0.29, 0.717) is 29.3 Å². The second-order valence-corrected chi connectivity index (χ2v) is 6.79. The maximum absolute atomic E-state index is 12.4. The van der Waals surface area contributed by atoms with Crippen LogP contribution < -0.4 is 14.8 Å². The van der Waals surface area contributed by atoms with Gasteiger partial charge >= 0.3 is 0 Å². The molecule has 7 nitrogen and oxygen atoms in total. The standard InChI is InChI=1S/C23H25N3O4/c1-4-18(23-24-13-19(26-23)16-8-6-5-7-9-16)25-22(28)14-30-20-11-10-17(15(2)27)12-21(20)29-3/h5-13,18H,4,14H2,1-3H3,(H,24,26)(H,25,28). The van der Waals surface area contributed by atoms with Crippen molar-refractivity contribution in [2.75, 3.05) is 13.7 Å². The molecule has 0 spiro atoms. The summed E-state index contributed by atoms with van der Waals surface area (Å²) < 4.78 is 10.9. The molecule has 156 valence electrons. The van der Waals surface area contributed by atoms with Crippen LogP contribution in [-0.4, -0.2) is 35.4 Å². The lowest BCUT2D eigenvalue weighted by Crippen LogP contribution is -2.33. The van der Waals surface area contributed by atoms with Crippen molar-refractivity contribution in [3.63, 3.8) is 0 Å². The number of amides is 1. The van der Waals surface area contributed by atoms with E-state index in [1.165, 1.54) is 14.0 Å². The fraction of sp³-hybridized carbons (Fsp3) is 0.261. The van der Waals surface area contributed by atoms with E-state index in [2.05, 4.69) is 15.3 Å². The van der Waals surface area contributed by atoms with E-state index in [-0.39, 0.29) is 24.3 Å². The molecule has 0 radical (unpaired) electrons. The van der Waals surface area contributed by atoms with Crippen LogP contribution >= 0.6 is 0 Å². The van der Waals surface area contributed by atoms with Crippen molar-refractivity contribution in [1.82, 2.24) is 15.3 Å². The van der Waals surface area contributed by atoms with Gasteiger partial charge in [0.1, 0.15) is 5.82 Å². The summed E-state index contributed by atoms with van der Waals surface area (Å²) in [5.41, 5.74) is 2.44. The largest absolute Gasteiger partial charge is 0.493 e. The molecule has 0 aliphatic rings. The van der Waals surface area contributed by atoms with E-state index < -0.39 is 0 Å². The Labute approximate surface area is 175 Å². The molecular formula is C23H25N3O4. The number of ether oxygens (including phenoxy) is 2. The van der Waals surface area contributed by atoms with E-state index in [1.54, 1.807) is 24.4 Å². The number of aromatic nitrogens is 2. The van der Waals surface area contributed by atoms with Crippen molar-refractivity contribution in [3.8, 4) is 22.8 Å². The molecule has 1 heterocycles. The lowest BCUT2D eigenvalue weighted by atomic mass is 10.1. The van der Waals surface area contributed by atoms with Gasteiger partial charge in [-0.2, -0.15) is 0 Å². The van der Waals surface area contributed by atoms with Crippen LogP contribution in [0, 0.1) is 0 Å². The lowest BCUT2D eigenvalue weighted by molar-refractivity contribution is -0.124. The van der Waals surface area contributed by atoms with Gasteiger partial charge in [-0.15, -0.1) is 0 Å². The minimum Gasteiger partial charge on any atom is -0.493 e. The van der Waals surface area contributed by atoms with Crippen LogP contribution in [0.2, 0.25) is 0 Å². The van der Waals surface area contributed by atoms with Gasteiger partial charge in [0.15, 0.2) is 23.9 Å². The number of aromatic amines is 1. The van der Waals surface area contributed by atoms with E-state index in [4.69, 9.17) is 9.47 Å². The van der Waals surface area contributed by atoms with Crippen LogP contribution in [-0.2, 0) is 4.79 Å². The third-order valence-electron chi connectivity index (χ3n) is 4.68. The lowest BCUT2D eigenvalue weighted by Gasteiger charge is -2.16. The van der Waals surface area contributed by atoms with Gasteiger partial charge in [0, 0.05) is 5.56 Å². The predicted molar refractivity (Wildman–Crippen MR) is 114 cm³/mol. The number of Topliss-reactive ketones (excluding diaryl/α,β-unsaturated/α-hetero) is 1. The normalized spacial score (nSPS) is 11.6.